The van der Waals surface area contributed by atoms with E-state index < -0.39 is 5.91 Å². The molecule has 6 heteroatoms. The largest absolute Gasteiger partial charge is 0.336 e. The fourth-order valence-electron chi connectivity index (χ4n) is 2.58. The Balaban J connectivity index is 1.94. The molecule has 3 rings (SSSR count). The van der Waals surface area contributed by atoms with E-state index in [9.17, 15) is 9.59 Å². The lowest BCUT2D eigenvalue weighted by atomic mass is 10.1. The molecule has 0 atom stereocenters. The van der Waals surface area contributed by atoms with Crippen LogP contribution in [0, 0.1) is 0 Å². The summed E-state index contributed by atoms with van der Waals surface area (Å²) in [5.74, 6) is -0.406. The molecule has 0 unspecified atom stereocenters. The van der Waals surface area contributed by atoms with E-state index in [1.165, 1.54) is 4.90 Å². The number of carbonyl (C=O) groups is 1. The van der Waals surface area contributed by atoms with E-state index in [4.69, 9.17) is 11.6 Å². The second-order valence-electron chi connectivity index (χ2n) is 5.61. The maximum Gasteiger partial charge on any atom is 0.278 e. The maximum atomic E-state index is 12.7. The number of hydrogen-bond donors (Lipinski definition) is 0. The number of amides is 1. The summed E-state index contributed by atoms with van der Waals surface area (Å²) < 4.78 is 1.56. The predicted molar refractivity (Wildman–Crippen MR) is 94.2 cm³/mol. The molecule has 0 aliphatic heterocycles. The van der Waals surface area contributed by atoms with Crippen LogP contribution in [0.4, 0.5) is 0 Å². The standard InChI is InChI=1S/C18H16ClN3O2/c1-21(11-12-7-9-13(19)10-8-12)18(24)16-17(23)14-5-3-4-6-15(14)22(2)20-16/h3-10H,11H2,1-2H3. The smallest absolute Gasteiger partial charge is 0.278 e. The Hall–Kier alpha value is -2.66. The van der Waals surface area contributed by atoms with Gasteiger partial charge in [0, 0.05) is 31.0 Å². The van der Waals surface area contributed by atoms with E-state index >= 15 is 0 Å². The maximum absolute atomic E-state index is 12.7. The molecule has 1 aromatic heterocycles. The van der Waals surface area contributed by atoms with E-state index in [1.807, 2.05) is 18.2 Å². The molecule has 1 amide bonds. The molecule has 0 saturated heterocycles. The van der Waals surface area contributed by atoms with Crippen molar-refractivity contribution in [2.75, 3.05) is 7.05 Å². The monoisotopic (exact) mass is 341 g/mol. The Labute approximate surface area is 144 Å². The van der Waals surface area contributed by atoms with Gasteiger partial charge in [0.25, 0.3) is 5.91 Å². The first kappa shape index (κ1) is 16.2. The summed E-state index contributed by atoms with van der Waals surface area (Å²) in [7, 11) is 3.37. The third-order valence-corrected chi connectivity index (χ3v) is 4.10. The molecule has 0 aliphatic rings. The van der Waals surface area contributed by atoms with Gasteiger partial charge in [-0.2, -0.15) is 5.10 Å². The molecular weight excluding hydrogens is 326 g/mol. The molecule has 0 saturated carbocycles. The van der Waals surface area contributed by atoms with Crippen molar-refractivity contribution in [1.29, 1.82) is 0 Å². The molecular formula is C18H16ClN3O2. The van der Waals surface area contributed by atoms with Crippen molar-refractivity contribution in [3.05, 3.63) is 75.0 Å². The normalized spacial score (nSPS) is 10.8. The summed E-state index contributed by atoms with van der Waals surface area (Å²) in [6.07, 6.45) is 0. The van der Waals surface area contributed by atoms with Crippen LogP contribution in [0.3, 0.4) is 0 Å². The molecule has 0 aliphatic carbocycles. The average molecular weight is 342 g/mol. The third kappa shape index (κ3) is 3.03. The zero-order chi connectivity index (χ0) is 17.3. The highest BCUT2D eigenvalue weighted by Gasteiger charge is 2.20. The van der Waals surface area contributed by atoms with Crippen LogP contribution in [0.1, 0.15) is 16.1 Å². The zero-order valence-electron chi connectivity index (χ0n) is 13.4. The van der Waals surface area contributed by atoms with Gasteiger partial charge in [-0.3, -0.25) is 14.3 Å². The van der Waals surface area contributed by atoms with E-state index in [2.05, 4.69) is 5.10 Å². The molecule has 0 N–H and O–H groups in total. The van der Waals surface area contributed by atoms with Gasteiger partial charge in [-0.1, -0.05) is 35.9 Å². The number of carbonyl (C=O) groups excluding carboxylic acids is 1. The van der Waals surface area contributed by atoms with Crippen molar-refractivity contribution in [3.63, 3.8) is 0 Å². The van der Waals surface area contributed by atoms with Crippen molar-refractivity contribution in [2.45, 2.75) is 6.54 Å². The highest BCUT2D eigenvalue weighted by atomic mass is 35.5. The number of fused-ring (bicyclic) bond motifs is 1. The quantitative estimate of drug-likeness (QED) is 0.736. The van der Waals surface area contributed by atoms with Crippen molar-refractivity contribution < 1.29 is 4.79 Å². The average Bonchev–Trinajstić information content (AvgIpc) is 2.59. The van der Waals surface area contributed by atoms with Crippen molar-refractivity contribution in [3.8, 4) is 0 Å². The lowest BCUT2D eigenvalue weighted by Gasteiger charge is -2.17. The van der Waals surface area contributed by atoms with Crippen molar-refractivity contribution in [2.24, 2.45) is 7.05 Å². The van der Waals surface area contributed by atoms with Crippen LogP contribution in [-0.2, 0) is 13.6 Å². The van der Waals surface area contributed by atoms with Crippen LogP contribution >= 0.6 is 11.6 Å². The second kappa shape index (κ2) is 6.45. The second-order valence-corrected chi connectivity index (χ2v) is 6.04. The molecule has 3 aromatic rings. The number of halogens is 1. The first-order valence-electron chi connectivity index (χ1n) is 7.43. The Morgan fingerprint density at radius 2 is 1.83 bits per heavy atom. The van der Waals surface area contributed by atoms with Gasteiger partial charge in [-0.15, -0.1) is 0 Å². The van der Waals surface area contributed by atoms with Gasteiger partial charge >= 0.3 is 0 Å². The topological polar surface area (TPSA) is 55.2 Å². The molecule has 24 heavy (non-hydrogen) atoms. The molecule has 1 heterocycles. The third-order valence-electron chi connectivity index (χ3n) is 3.84. The number of aryl methyl sites for hydroxylation is 1. The van der Waals surface area contributed by atoms with E-state index in [1.54, 1.807) is 49.1 Å². The summed E-state index contributed by atoms with van der Waals surface area (Å²) in [5.41, 5.74) is 1.19. The minimum Gasteiger partial charge on any atom is -0.336 e. The molecule has 0 fully saturated rings. The minimum absolute atomic E-state index is 0.0762. The van der Waals surface area contributed by atoms with Crippen LogP contribution < -0.4 is 5.43 Å². The predicted octanol–water partition coefficient (Wildman–Crippen LogP) is 2.86. The Morgan fingerprint density at radius 1 is 1.17 bits per heavy atom. The van der Waals surface area contributed by atoms with Crippen LogP contribution in [0.25, 0.3) is 10.9 Å². The van der Waals surface area contributed by atoms with Crippen LogP contribution in [0.5, 0.6) is 0 Å². The van der Waals surface area contributed by atoms with Gasteiger partial charge in [0.15, 0.2) is 5.69 Å². The van der Waals surface area contributed by atoms with Gasteiger partial charge in [0.2, 0.25) is 5.43 Å². The Morgan fingerprint density at radius 3 is 2.54 bits per heavy atom. The summed E-state index contributed by atoms with van der Waals surface area (Å²) in [5, 5.41) is 5.29. The van der Waals surface area contributed by atoms with Gasteiger partial charge in [0.05, 0.1) is 5.52 Å². The van der Waals surface area contributed by atoms with Gasteiger partial charge in [0.1, 0.15) is 0 Å². The number of hydrogen-bond acceptors (Lipinski definition) is 3. The molecule has 0 radical (unpaired) electrons. The first-order valence-corrected chi connectivity index (χ1v) is 7.81. The SMILES string of the molecule is CN(Cc1ccc(Cl)cc1)C(=O)c1nn(C)c2ccccc2c1=O. The number of para-hydroxylation sites is 1. The highest BCUT2D eigenvalue weighted by molar-refractivity contribution is 6.30. The molecule has 0 spiro atoms. The van der Waals surface area contributed by atoms with Crippen LogP contribution in [-0.4, -0.2) is 27.6 Å². The van der Waals surface area contributed by atoms with E-state index in [0.29, 0.717) is 22.5 Å². The molecule has 5 nitrogen and oxygen atoms in total. The molecule has 2 aromatic carbocycles. The van der Waals surface area contributed by atoms with Crippen molar-refractivity contribution in [1.82, 2.24) is 14.7 Å². The summed E-state index contributed by atoms with van der Waals surface area (Å²) in [4.78, 5) is 26.7. The van der Waals surface area contributed by atoms with Crippen LogP contribution in [0.2, 0.25) is 5.02 Å². The fraction of sp³-hybridized carbons (Fsp3) is 0.167. The number of rotatable bonds is 3. The van der Waals surface area contributed by atoms with Gasteiger partial charge in [-0.25, -0.2) is 0 Å². The minimum atomic E-state index is -0.406. The summed E-state index contributed by atoms with van der Waals surface area (Å²) in [6.45, 7) is 0.369. The molecule has 0 bridgehead atoms. The first-order chi connectivity index (χ1) is 11.5. The number of benzene rings is 2. The van der Waals surface area contributed by atoms with Gasteiger partial charge < -0.3 is 4.90 Å². The Bertz CT molecular complexity index is 964. The number of nitrogens with zero attached hydrogens (tertiary/aromatic N) is 3. The lowest BCUT2D eigenvalue weighted by Crippen LogP contribution is -2.33. The fourth-order valence-corrected chi connectivity index (χ4v) is 2.71. The zero-order valence-corrected chi connectivity index (χ0v) is 14.1. The summed E-state index contributed by atoms with van der Waals surface area (Å²) in [6, 6.07) is 14.3. The van der Waals surface area contributed by atoms with E-state index in [0.717, 1.165) is 5.56 Å². The summed E-state index contributed by atoms with van der Waals surface area (Å²) >= 11 is 5.87. The molecule has 122 valence electrons. The van der Waals surface area contributed by atoms with E-state index in [-0.39, 0.29) is 11.1 Å². The van der Waals surface area contributed by atoms with Crippen LogP contribution in [0.15, 0.2) is 53.3 Å². The van der Waals surface area contributed by atoms with Crippen molar-refractivity contribution >= 4 is 28.4 Å². The van der Waals surface area contributed by atoms with Gasteiger partial charge in [-0.05, 0) is 29.8 Å². The lowest BCUT2D eigenvalue weighted by molar-refractivity contribution is 0.0776. The number of aromatic nitrogens is 2. The highest BCUT2D eigenvalue weighted by Crippen LogP contribution is 2.13. The Kier molecular flexibility index (Phi) is 4.36.